The number of hydrazine groups is 1. The van der Waals surface area contributed by atoms with E-state index in [1.807, 2.05) is 24.3 Å². The second-order valence-electron chi connectivity index (χ2n) is 7.38. The van der Waals surface area contributed by atoms with Crippen molar-refractivity contribution in [2.24, 2.45) is 0 Å². The van der Waals surface area contributed by atoms with Crippen LogP contribution in [-0.4, -0.2) is 28.3 Å². The third kappa shape index (κ3) is 6.15. The highest BCUT2D eigenvalue weighted by molar-refractivity contribution is 14.1. The van der Waals surface area contributed by atoms with Crippen molar-refractivity contribution in [2.45, 2.75) is 6.61 Å². The molecule has 0 bridgehead atoms. The quantitative estimate of drug-likeness (QED) is 0.171. The molecule has 1 fully saturated rings. The molecule has 0 radical (unpaired) electrons. The van der Waals surface area contributed by atoms with Gasteiger partial charge in [-0.2, -0.15) is 5.01 Å². The predicted molar refractivity (Wildman–Crippen MR) is 155 cm³/mol. The maximum Gasteiger partial charge on any atom is 0.285 e. The lowest BCUT2D eigenvalue weighted by molar-refractivity contribution is -0.123. The molecule has 1 saturated heterocycles. The third-order valence-corrected chi connectivity index (χ3v) is 7.72. The summed E-state index contributed by atoms with van der Waals surface area (Å²) in [7, 11) is 1.54. The summed E-state index contributed by atoms with van der Waals surface area (Å²) in [6.07, 6.45) is 1.69. The molecule has 2 amide bonds. The van der Waals surface area contributed by atoms with Gasteiger partial charge in [-0.3, -0.25) is 15.0 Å². The summed E-state index contributed by atoms with van der Waals surface area (Å²) < 4.78 is 12.6. The Labute approximate surface area is 241 Å². The van der Waals surface area contributed by atoms with Crippen molar-refractivity contribution >= 4 is 92.0 Å². The molecule has 0 unspecified atom stereocenters. The standard InChI is InChI=1S/C25H17Cl2IN2O4S2/c1-33-20-11-14(10-19(28)22(20)34-13-16-4-2-3-5-18(16)27)12-21-24(32)30(25(35)36-21)29-23(31)15-6-8-17(26)9-7-15/h2-12H,13H2,1H3,(H,29,31)/b21-12+. The number of methoxy groups -OCH3 is 1. The van der Waals surface area contributed by atoms with Crippen LogP contribution in [0, 0.1) is 3.57 Å². The second-order valence-corrected chi connectivity index (χ2v) is 11.1. The first-order valence-corrected chi connectivity index (χ1v) is 13.4. The molecule has 0 aliphatic carbocycles. The minimum Gasteiger partial charge on any atom is -0.493 e. The largest absolute Gasteiger partial charge is 0.493 e. The minimum absolute atomic E-state index is 0.218. The number of amides is 2. The average molecular weight is 671 g/mol. The van der Waals surface area contributed by atoms with Gasteiger partial charge in [0.25, 0.3) is 11.8 Å². The van der Waals surface area contributed by atoms with E-state index in [4.69, 9.17) is 44.9 Å². The van der Waals surface area contributed by atoms with E-state index in [2.05, 4.69) is 28.0 Å². The predicted octanol–water partition coefficient (Wildman–Crippen LogP) is 6.73. The van der Waals surface area contributed by atoms with Gasteiger partial charge >= 0.3 is 0 Å². The molecule has 0 spiro atoms. The van der Waals surface area contributed by atoms with E-state index >= 15 is 0 Å². The molecule has 1 aliphatic rings. The summed E-state index contributed by atoms with van der Waals surface area (Å²) in [5.41, 5.74) is 4.47. The highest BCUT2D eigenvalue weighted by Crippen LogP contribution is 2.37. The van der Waals surface area contributed by atoms with Crippen LogP contribution in [0.25, 0.3) is 6.08 Å². The SMILES string of the molecule is COc1cc(/C=C2/SC(=S)N(NC(=O)c3ccc(Cl)cc3)C2=O)cc(I)c1OCc1ccccc1Cl. The number of nitrogens with zero attached hydrogens (tertiary/aromatic N) is 1. The summed E-state index contributed by atoms with van der Waals surface area (Å²) in [4.78, 5) is 25.9. The number of thiocarbonyl (C=S) groups is 1. The van der Waals surface area contributed by atoms with Crippen LogP contribution in [0.5, 0.6) is 11.5 Å². The van der Waals surface area contributed by atoms with Crippen molar-refractivity contribution in [3.05, 3.63) is 95.9 Å². The number of carbonyl (C=O) groups is 2. The fraction of sp³-hybridized carbons (Fsp3) is 0.0800. The molecule has 3 aromatic carbocycles. The van der Waals surface area contributed by atoms with Gasteiger partial charge in [0.15, 0.2) is 15.8 Å². The highest BCUT2D eigenvalue weighted by atomic mass is 127. The monoisotopic (exact) mass is 670 g/mol. The van der Waals surface area contributed by atoms with Crippen LogP contribution in [0.2, 0.25) is 10.0 Å². The molecule has 0 aromatic heterocycles. The molecule has 3 aromatic rings. The highest BCUT2D eigenvalue weighted by Gasteiger charge is 2.34. The zero-order valence-electron chi connectivity index (χ0n) is 18.6. The zero-order valence-corrected chi connectivity index (χ0v) is 23.9. The van der Waals surface area contributed by atoms with Gasteiger partial charge in [-0.25, -0.2) is 0 Å². The van der Waals surface area contributed by atoms with E-state index < -0.39 is 11.8 Å². The number of hydrogen-bond donors (Lipinski definition) is 1. The van der Waals surface area contributed by atoms with E-state index in [0.717, 1.165) is 25.9 Å². The van der Waals surface area contributed by atoms with Crippen molar-refractivity contribution in [2.75, 3.05) is 7.11 Å². The Kier molecular flexibility index (Phi) is 8.78. The van der Waals surface area contributed by atoms with Crippen LogP contribution in [0.3, 0.4) is 0 Å². The molecule has 6 nitrogen and oxygen atoms in total. The van der Waals surface area contributed by atoms with Crippen molar-refractivity contribution in [1.29, 1.82) is 0 Å². The van der Waals surface area contributed by atoms with Gasteiger partial charge in [-0.05, 0) is 88.9 Å². The van der Waals surface area contributed by atoms with Gasteiger partial charge in [0.05, 0.1) is 15.6 Å². The van der Waals surface area contributed by atoms with Crippen molar-refractivity contribution in [3.8, 4) is 11.5 Å². The van der Waals surface area contributed by atoms with E-state index in [1.165, 1.54) is 0 Å². The normalized spacial score (nSPS) is 14.3. The summed E-state index contributed by atoms with van der Waals surface area (Å²) in [5.74, 6) is 0.172. The smallest absolute Gasteiger partial charge is 0.285 e. The molecule has 36 heavy (non-hydrogen) atoms. The number of carbonyl (C=O) groups excluding carboxylic acids is 2. The van der Waals surface area contributed by atoms with Gasteiger partial charge in [0, 0.05) is 21.2 Å². The third-order valence-electron chi connectivity index (χ3n) is 4.99. The van der Waals surface area contributed by atoms with Crippen LogP contribution >= 0.6 is 69.8 Å². The Morgan fingerprint density at radius 2 is 1.89 bits per heavy atom. The summed E-state index contributed by atoms with van der Waals surface area (Å²) in [6, 6.07) is 17.4. The first-order chi connectivity index (χ1) is 17.3. The number of halogens is 3. The molecule has 11 heteroatoms. The fourth-order valence-corrected chi connectivity index (χ4v) is 5.49. The van der Waals surface area contributed by atoms with Gasteiger partial charge in [-0.1, -0.05) is 53.2 Å². The zero-order chi connectivity index (χ0) is 25.8. The molecular weight excluding hydrogens is 654 g/mol. The number of nitrogens with one attached hydrogen (secondary N) is 1. The first kappa shape index (κ1) is 26.7. The molecule has 0 saturated carbocycles. The second kappa shape index (κ2) is 11.8. The molecule has 0 atom stereocenters. The fourth-order valence-electron chi connectivity index (χ4n) is 3.21. The molecule has 4 rings (SSSR count). The summed E-state index contributed by atoms with van der Waals surface area (Å²) >= 11 is 20.7. The summed E-state index contributed by atoms with van der Waals surface area (Å²) in [5, 5.41) is 2.19. The Hall–Kier alpha value is -2.31. The summed E-state index contributed by atoms with van der Waals surface area (Å²) in [6.45, 7) is 0.275. The van der Waals surface area contributed by atoms with Crippen LogP contribution in [-0.2, 0) is 11.4 Å². The van der Waals surface area contributed by atoms with Gasteiger partial charge in [0.2, 0.25) is 0 Å². The molecule has 1 heterocycles. The van der Waals surface area contributed by atoms with Crippen LogP contribution in [0.1, 0.15) is 21.5 Å². The maximum absolute atomic E-state index is 13.0. The molecular formula is C25H17Cl2IN2O4S2. The van der Waals surface area contributed by atoms with Crippen LogP contribution in [0.4, 0.5) is 0 Å². The molecule has 1 aliphatic heterocycles. The van der Waals surface area contributed by atoms with E-state index in [9.17, 15) is 9.59 Å². The number of hydrogen-bond acceptors (Lipinski definition) is 6. The number of ether oxygens (including phenoxy) is 2. The van der Waals surface area contributed by atoms with Crippen molar-refractivity contribution in [3.63, 3.8) is 0 Å². The molecule has 184 valence electrons. The lowest BCUT2D eigenvalue weighted by atomic mass is 10.1. The van der Waals surface area contributed by atoms with E-state index in [0.29, 0.717) is 37.6 Å². The Balaban J connectivity index is 1.51. The number of benzene rings is 3. The van der Waals surface area contributed by atoms with Gasteiger partial charge < -0.3 is 9.47 Å². The molecule has 1 N–H and O–H groups in total. The minimum atomic E-state index is -0.472. The van der Waals surface area contributed by atoms with Crippen LogP contribution < -0.4 is 14.9 Å². The van der Waals surface area contributed by atoms with Gasteiger partial charge in [-0.15, -0.1) is 0 Å². The number of rotatable bonds is 7. The van der Waals surface area contributed by atoms with E-state index in [-0.39, 0.29) is 10.9 Å². The Bertz CT molecular complexity index is 1380. The average Bonchev–Trinajstić information content (AvgIpc) is 3.11. The Morgan fingerprint density at radius 1 is 1.17 bits per heavy atom. The first-order valence-electron chi connectivity index (χ1n) is 10.3. The number of thioether (sulfide) groups is 1. The topological polar surface area (TPSA) is 67.9 Å². The lowest BCUT2D eigenvalue weighted by Gasteiger charge is -2.15. The van der Waals surface area contributed by atoms with Crippen molar-refractivity contribution < 1.29 is 19.1 Å². The van der Waals surface area contributed by atoms with Gasteiger partial charge in [0.1, 0.15) is 6.61 Å². The maximum atomic E-state index is 13.0. The van der Waals surface area contributed by atoms with Crippen molar-refractivity contribution in [1.82, 2.24) is 10.4 Å². The Morgan fingerprint density at radius 3 is 2.58 bits per heavy atom. The lowest BCUT2D eigenvalue weighted by Crippen LogP contribution is -2.44. The van der Waals surface area contributed by atoms with Crippen LogP contribution in [0.15, 0.2) is 65.6 Å². The van der Waals surface area contributed by atoms with E-state index in [1.54, 1.807) is 49.6 Å².